The van der Waals surface area contributed by atoms with Gasteiger partial charge in [0.25, 0.3) is 0 Å². The Balaban J connectivity index is 0.000000595. The van der Waals surface area contributed by atoms with Crippen LogP contribution in [-0.4, -0.2) is 30.1 Å². The van der Waals surface area contributed by atoms with Gasteiger partial charge in [-0.3, -0.25) is 4.99 Å². The van der Waals surface area contributed by atoms with E-state index in [1.807, 2.05) is 31.3 Å². The van der Waals surface area contributed by atoms with Crippen LogP contribution in [0.25, 0.3) is 0 Å². The first-order valence-corrected chi connectivity index (χ1v) is 14.3. The molecule has 3 nitrogen and oxygen atoms in total. The standard InChI is InChI=1S/C17H23NO2.2ClH.Zr/c1-3-20-17-13-8-7-12(9-13)15(17)18-10-14-6-4-5-11(2)16(14)19;;;/h4-6,10,12-13,15,17,19H,3,7-9H2,1-2H3;2*1H;/q;;;+2/p-2. The molecule has 0 aromatic heterocycles. The Morgan fingerprint density at radius 2 is 2.04 bits per heavy atom. The summed E-state index contributed by atoms with van der Waals surface area (Å²) in [5.74, 6) is 1.69. The summed E-state index contributed by atoms with van der Waals surface area (Å²) < 4.78 is 5.92. The summed E-state index contributed by atoms with van der Waals surface area (Å²) in [7, 11) is 9.87. The Labute approximate surface area is 157 Å². The maximum atomic E-state index is 10.1. The van der Waals surface area contributed by atoms with Crippen LogP contribution >= 0.6 is 17.0 Å². The fourth-order valence-corrected chi connectivity index (χ4v) is 3.79. The van der Waals surface area contributed by atoms with E-state index in [1.165, 1.54) is 19.3 Å². The topological polar surface area (TPSA) is 41.8 Å². The second-order valence-corrected chi connectivity index (χ2v) is 9.84. The molecule has 126 valence electrons. The van der Waals surface area contributed by atoms with Gasteiger partial charge >= 0.3 is 37.9 Å². The Morgan fingerprint density at radius 3 is 2.74 bits per heavy atom. The number of aryl methyl sites for hydroxylation is 1. The van der Waals surface area contributed by atoms with Crippen molar-refractivity contribution < 1.29 is 30.7 Å². The summed E-state index contributed by atoms with van der Waals surface area (Å²) in [5, 5.41) is 10.1. The molecule has 1 aromatic rings. The average Bonchev–Trinajstić information content (AvgIpc) is 3.12. The van der Waals surface area contributed by atoms with Gasteiger partial charge in [-0.05, 0) is 56.6 Å². The van der Waals surface area contributed by atoms with Crippen molar-refractivity contribution in [3.05, 3.63) is 29.3 Å². The number of fused-ring (bicyclic) bond motifs is 2. The zero-order chi connectivity index (χ0) is 16.8. The molecule has 2 saturated carbocycles. The summed E-state index contributed by atoms with van der Waals surface area (Å²) in [4.78, 5) is 4.77. The number of phenolic OH excluding ortho intramolecular Hbond substituents is 1. The van der Waals surface area contributed by atoms with Crippen LogP contribution in [0.5, 0.6) is 5.75 Å². The Bertz CT molecular complexity index is 541. The van der Waals surface area contributed by atoms with Crippen LogP contribution < -0.4 is 0 Å². The number of benzene rings is 1. The SMILES string of the molecule is CCOC1C2CCC(C2)C1N=Cc1cccc(C)c1O.[Cl][Zr][Cl]. The van der Waals surface area contributed by atoms with Gasteiger partial charge in [0.05, 0.1) is 12.1 Å². The predicted molar refractivity (Wildman–Crippen MR) is 92.2 cm³/mol. The third-order valence-corrected chi connectivity index (χ3v) is 4.81. The monoisotopic (exact) mass is 433 g/mol. The summed E-state index contributed by atoms with van der Waals surface area (Å²) >= 11 is -0.826. The van der Waals surface area contributed by atoms with E-state index >= 15 is 0 Å². The Morgan fingerprint density at radius 1 is 1.35 bits per heavy atom. The average molecular weight is 436 g/mol. The van der Waals surface area contributed by atoms with Gasteiger partial charge in [0.1, 0.15) is 5.75 Å². The van der Waals surface area contributed by atoms with Crippen LogP contribution in [0.15, 0.2) is 23.2 Å². The number of aliphatic imine (C=N–C) groups is 1. The molecule has 0 radical (unpaired) electrons. The van der Waals surface area contributed by atoms with E-state index in [2.05, 4.69) is 6.92 Å². The summed E-state index contributed by atoms with van der Waals surface area (Å²) in [6.07, 6.45) is 5.93. The van der Waals surface area contributed by atoms with Crippen molar-refractivity contribution in [2.45, 2.75) is 45.3 Å². The van der Waals surface area contributed by atoms with Crippen molar-refractivity contribution in [1.29, 1.82) is 0 Å². The van der Waals surface area contributed by atoms with E-state index in [4.69, 9.17) is 26.8 Å². The molecule has 23 heavy (non-hydrogen) atoms. The number of hydrogen-bond donors (Lipinski definition) is 1. The number of aromatic hydroxyl groups is 1. The normalized spacial score (nSPS) is 28.7. The minimum absolute atomic E-state index is 0.272. The van der Waals surface area contributed by atoms with E-state index in [-0.39, 0.29) is 12.1 Å². The minimum atomic E-state index is -0.826. The number of phenols is 1. The molecule has 3 rings (SSSR count). The third kappa shape index (κ3) is 4.81. The molecule has 6 heteroatoms. The van der Waals surface area contributed by atoms with Crippen LogP contribution in [0.3, 0.4) is 0 Å². The van der Waals surface area contributed by atoms with Crippen LogP contribution in [0.2, 0.25) is 0 Å². The molecule has 1 N–H and O–H groups in total. The van der Waals surface area contributed by atoms with Crippen molar-refractivity contribution in [3.63, 3.8) is 0 Å². The zero-order valence-corrected chi connectivity index (χ0v) is 17.5. The van der Waals surface area contributed by atoms with E-state index in [0.717, 1.165) is 17.7 Å². The molecule has 2 aliphatic rings. The molecule has 2 fully saturated rings. The summed E-state index contributed by atoms with van der Waals surface area (Å²) in [5.41, 5.74) is 1.70. The van der Waals surface area contributed by atoms with Crippen molar-refractivity contribution in [3.8, 4) is 5.75 Å². The fourth-order valence-electron chi connectivity index (χ4n) is 3.79. The van der Waals surface area contributed by atoms with Crippen molar-refractivity contribution in [2.24, 2.45) is 16.8 Å². The molecule has 0 aliphatic heterocycles. The summed E-state index contributed by atoms with van der Waals surface area (Å²) in [6.45, 7) is 4.72. The molecule has 2 bridgehead atoms. The van der Waals surface area contributed by atoms with Crippen LogP contribution in [0.1, 0.15) is 37.3 Å². The fraction of sp³-hybridized carbons (Fsp3) is 0.588. The molecule has 0 heterocycles. The maximum absolute atomic E-state index is 10.1. The summed E-state index contributed by atoms with van der Waals surface area (Å²) in [6, 6.07) is 6.05. The molecule has 1 aromatic carbocycles. The first-order chi connectivity index (χ1) is 11.1. The molecule has 0 spiro atoms. The van der Waals surface area contributed by atoms with Gasteiger partial charge < -0.3 is 9.84 Å². The van der Waals surface area contributed by atoms with Gasteiger partial charge in [-0.1, -0.05) is 12.1 Å². The molecule has 0 saturated heterocycles. The van der Waals surface area contributed by atoms with Gasteiger partial charge in [-0.2, -0.15) is 0 Å². The molecular formula is C17H23Cl2NO2Zr. The predicted octanol–water partition coefficient (Wildman–Crippen LogP) is 4.70. The van der Waals surface area contributed by atoms with Crippen LogP contribution in [0, 0.1) is 18.8 Å². The van der Waals surface area contributed by atoms with Gasteiger partial charge in [0.15, 0.2) is 0 Å². The Hall–Kier alpha value is 0.113. The van der Waals surface area contributed by atoms with E-state index in [0.29, 0.717) is 17.6 Å². The molecule has 4 atom stereocenters. The van der Waals surface area contributed by atoms with Crippen molar-refractivity contribution in [2.75, 3.05) is 6.61 Å². The second-order valence-electron chi connectivity index (χ2n) is 6.11. The van der Waals surface area contributed by atoms with E-state index in [1.54, 1.807) is 0 Å². The number of nitrogens with zero attached hydrogens (tertiary/aromatic N) is 1. The molecule has 2 aliphatic carbocycles. The van der Waals surface area contributed by atoms with Gasteiger partial charge in [-0.15, -0.1) is 0 Å². The quantitative estimate of drug-likeness (QED) is 0.697. The van der Waals surface area contributed by atoms with Gasteiger partial charge in [-0.25, -0.2) is 0 Å². The number of hydrogen-bond acceptors (Lipinski definition) is 3. The molecular weight excluding hydrogens is 412 g/mol. The second kappa shape index (κ2) is 9.56. The number of para-hydroxylation sites is 1. The van der Waals surface area contributed by atoms with E-state index in [9.17, 15) is 5.11 Å². The van der Waals surface area contributed by atoms with Crippen LogP contribution in [-0.2, 0) is 25.6 Å². The number of halogens is 2. The van der Waals surface area contributed by atoms with E-state index < -0.39 is 20.8 Å². The number of ether oxygens (including phenoxy) is 1. The third-order valence-electron chi connectivity index (χ3n) is 4.81. The van der Waals surface area contributed by atoms with Gasteiger partial charge in [0, 0.05) is 18.4 Å². The first kappa shape index (κ1) is 19.4. The van der Waals surface area contributed by atoms with Crippen LogP contribution in [0.4, 0.5) is 0 Å². The molecule has 0 amide bonds. The number of rotatable bonds is 4. The molecule has 4 unspecified atom stereocenters. The van der Waals surface area contributed by atoms with Crippen molar-refractivity contribution in [1.82, 2.24) is 0 Å². The van der Waals surface area contributed by atoms with Crippen molar-refractivity contribution >= 4 is 23.2 Å². The Kier molecular flexibility index (Phi) is 8.08. The van der Waals surface area contributed by atoms with Gasteiger partial charge in [0.2, 0.25) is 0 Å². The first-order valence-electron chi connectivity index (χ1n) is 8.02. The zero-order valence-electron chi connectivity index (χ0n) is 13.5.